The molecule has 0 fully saturated rings. The predicted octanol–water partition coefficient (Wildman–Crippen LogP) is 4.10. The summed E-state index contributed by atoms with van der Waals surface area (Å²) < 4.78 is 76.5. The summed E-state index contributed by atoms with van der Waals surface area (Å²) in [7, 11) is -3.43. The highest BCUT2D eigenvalue weighted by molar-refractivity contribution is 7.90. The Morgan fingerprint density at radius 2 is 1.54 bits per heavy atom. The van der Waals surface area contributed by atoms with Crippen molar-refractivity contribution in [2.75, 3.05) is 6.26 Å². The van der Waals surface area contributed by atoms with Crippen LogP contribution in [0.3, 0.4) is 0 Å². The number of hydrogen-bond acceptors (Lipinski definition) is 3. The van der Waals surface area contributed by atoms with Gasteiger partial charge in [0.2, 0.25) is 0 Å². The lowest BCUT2D eigenvalue weighted by molar-refractivity contribution is -0.141. The van der Waals surface area contributed by atoms with Gasteiger partial charge in [0.25, 0.3) is 0 Å². The maximum atomic E-state index is 13.1. The van der Waals surface area contributed by atoms with E-state index < -0.39 is 27.5 Å². The van der Waals surface area contributed by atoms with Crippen molar-refractivity contribution >= 4 is 9.84 Å². The zero-order chi connectivity index (χ0) is 19.1. The van der Waals surface area contributed by atoms with Gasteiger partial charge in [-0.05, 0) is 42.5 Å². The van der Waals surface area contributed by atoms with Gasteiger partial charge in [-0.2, -0.15) is 18.3 Å². The largest absolute Gasteiger partial charge is 0.435 e. The van der Waals surface area contributed by atoms with Crippen molar-refractivity contribution in [3.63, 3.8) is 0 Å². The van der Waals surface area contributed by atoms with Crippen LogP contribution < -0.4 is 0 Å². The first-order chi connectivity index (χ1) is 12.1. The first-order valence-electron chi connectivity index (χ1n) is 7.29. The molecule has 0 atom stereocenters. The molecule has 0 saturated carbocycles. The molecule has 0 saturated heterocycles. The molecule has 26 heavy (non-hydrogen) atoms. The highest BCUT2D eigenvalue weighted by Gasteiger charge is 2.35. The Hall–Kier alpha value is -2.68. The third kappa shape index (κ3) is 3.62. The lowest BCUT2D eigenvalue weighted by Gasteiger charge is -2.08. The number of aromatic nitrogens is 2. The molecular weight excluding hydrogens is 372 g/mol. The van der Waals surface area contributed by atoms with Crippen LogP contribution in [0.4, 0.5) is 17.6 Å². The van der Waals surface area contributed by atoms with Gasteiger partial charge in [-0.15, -0.1) is 0 Å². The molecule has 1 heterocycles. The van der Waals surface area contributed by atoms with Crippen molar-refractivity contribution in [3.05, 3.63) is 66.1 Å². The first kappa shape index (κ1) is 18.1. The average molecular weight is 384 g/mol. The fraction of sp³-hybridized carbons (Fsp3) is 0.118. The number of hydrogen-bond donors (Lipinski definition) is 0. The molecular formula is C17H12F4N2O2S. The number of benzene rings is 2. The highest BCUT2D eigenvalue weighted by Crippen LogP contribution is 2.33. The van der Waals surface area contributed by atoms with E-state index in [1.807, 2.05) is 0 Å². The molecule has 0 unspecified atom stereocenters. The summed E-state index contributed by atoms with van der Waals surface area (Å²) in [5, 5.41) is 3.58. The summed E-state index contributed by atoms with van der Waals surface area (Å²) in [6, 6.07) is 11.1. The van der Waals surface area contributed by atoms with E-state index in [1.165, 1.54) is 36.4 Å². The van der Waals surface area contributed by atoms with E-state index in [-0.39, 0.29) is 16.3 Å². The zero-order valence-electron chi connectivity index (χ0n) is 13.3. The van der Waals surface area contributed by atoms with Gasteiger partial charge in [0.05, 0.1) is 16.3 Å². The maximum Gasteiger partial charge on any atom is 0.435 e. The summed E-state index contributed by atoms with van der Waals surface area (Å²) in [5.41, 5.74) is -0.429. The van der Waals surface area contributed by atoms with Crippen LogP contribution in [0, 0.1) is 5.82 Å². The quantitative estimate of drug-likeness (QED) is 0.639. The van der Waals surface area contributed by atoms with Crippen LogP contribution in [0.15, 0.2) is 59.5 Å². The van der Waals surface area contributed by atoms with Crippen LogP contribution >= 0.6 is 0 Å². The van der Waals surface area contributed by atoms with Crippen molar-refractivity contribution in [3.8, 4) is 16.9 Å². The topological polar surface area (TPSA) is 52.0 Å². The molecule has 0 aliphatic heterocycles. The summed E-state index contributed by atoms with van der Waals surface area (Å²) >= 11 is 0. The second-order valence-electron chi connectivity index (χ2n) is 5.60. The molecule has 0 spiro atoms. The van der Waals surface area contributed by atoms with E-state index in [2.05, 4.69) is 5.10 Å². The Morgan fingerprint density at radius 1 is 0.962 bits per heavy atom. The Labute approximate surface area is 146 Å². The number of halogens is 4. The minimum Gasteiger partial charge on any atom is -0.233 e. The summed E-state index contributed by atoms with van der Waals surface area (Å²) in [6.45, 7) is 0. The van der Waals surface area contributed by atoms with Crippen molar-refractivity contribution in [2.45, 2.75) is 11.1 Å². The average Bonchev–Trinajstić information content (AvgIpc) is 3.00. The van der Waals surface area contributed by atoms with Crippen LogP contribution in [-0.2, 0) is 16.0 Å². The monoisotopic (exact) mass is 384 g/mol. The SMILES string of the molecule is CS(=O)(=O)c1ccc(-c2cc(C(F)(F)F)nn2-c2ccc(F)cc2)cc1. The fourth-order valence-corrected chi connectivity index (χ4v) is 3.01. The molecule has 0 N–H and O–H groups in total. The van der Waals surface area contributed by atoms with Gasteiger partial charge in [-0.3, -0.25) is 0 Å². The molecule has 0 radical (unpaired) electrons. The van der Waals surface area contributed by atoms with Crippen molar-refractivity contribution in [1.82, 2.24) is 9.78 Å². The molecule has 0 aliphatic rings. The van der Waals surface area contributed by atoms with E-state index in [1.54, 1.807) is 0 Å². The van der Waals surface area contributed by atoms with Gasteiger partial charge in [0.15, 0.2) is 15.5 Å². The number of sulfone groups is 1. The molecule has 3 rings (SSSR count). The molecule has 0 amide bonds. The number of nitrogens with zero attached hydrogens (tertiary/aromatic N) is 2. The van der Waals surface area contributed by atoms with Crippen molar-refractivity contribution in [1.29, 1.82) is 0 Å². The van der Waals surface area contributed by atoms with Crippen LogP contribution in [0.1, 0.15) is 5.69 Å². The Balaban J connectivity index is 2.16. The smallest absolute Gasteiger partial charge is 0.233 e. The molecule has 9 heteroatoms. The zero-order valence-corrected chi connectivity index (χ0v) is 14.1. The molecule has 3 aromatic rings. The third-order valence-corrected chi connectivity index (χ3v) is 4.78. The highest BCUT2D eigenvalue weighted by atomic mass is 32.2. The summed E-state index contributed by atoms with van der Waals surface area (Å²) in [5.74, 6) is -0.531. The van der Waals surface area contributed by atoms with Gasteiger partial charge >= 0.3 is 6.18 Å². The van der Waals surface area contributed by atoms with E-state index in [0.29, 0.717) is 5.56 Å². The molecule has 0 bridgehead atoms. The van der Waals surface area contributed by atoms with Crippen LogP contribution in [-0.4, -0.2) is 24.5 Å². The van der Waals surface area contributed by atoms with Gasteiger partial charge in [0.1, 0.15) is 5.82 Å². The molecule has 2 aromatic carbocycles. The molecule has 136 valence electrons. The molecule has 4 nitrogen and oxygen atoms in total. The van der Waals surface area contributed by atoms with Gasteiger partial charge in [-0.25, -0.2) is 17.5 Å². The van der Waals surface area contributed by atoms with Crippen LogP contribution in [0.25, 0.3) is 16.9 Å². The lowest BCUT2D eigenvalue weighted by atomic mass is 10.1. The van der Waals surface area contributed by atoms with Crippen molar-refractivity contribution in [2.24, 2.45) is 0 Å². The third-order valence-electron chi connectivity index (χ3n) is 3.65. The van der Waals surface area contributed by atoms with Crippen molar-refractivity contribution < 1.29 is 26.0 Å². The van der Waals surface area contributed by atoms with Gasteiger partial charge < -0.3 is 0 Å². The van der Waals surface area contributed by atoms with Gasteiger partial charge in [-0.1, -0.05) is 12.1 Å². The van der Waals surface area contributed by atoms with E-state index in [9.17, 15) is 26.0 Å². The minimum absolute atomic E-state index is 0.0464. The van der Waals surface area contributed by atoms with Crippen LogP contribution in [0.5, 0.6) is 0 Å². The normalized spacial score (nSPS) is 12.3. The Bertz CT molecular complexity index is 1040. The Morgan fingerprint density at radius 3 is 2.04 bits per heavy atom. The predicted molar refractivity (Wildman–Crippen MR) is 87.1 cm³/mol. The Kier molecular flexibility index (Phi) is 4.35. The van der Waals surface area contributed by atoms with E-state index in [4.69, 9.17) is 0 Å². The van der Waals surface area contributed by atoms with E-state index in [0.717, 1.165) is 29.1 Å². The first-order valence-corrected chi connectivity index (χ1v) is 9.18. The number of alkyl halides is 3. The van der Waals surface area contributed by atoms with Crippen LogP contribution in [0.2, 0.25) is 0 Å². The molecule has 1 aromatic heterocycles. The fourth-order valence-electron chi connectivity index (χ4n) is 2.38. The van der Waals surface area contributed by atoms with E-state index >= 15 is 0 Å². The molecule has 0 aliphatic carbocycles. The standard InChI is InChI=1S/C17H12F4N2O2S/c1-26(24,25)14-8-2-11(3-9-14)15-10-16(17(19,20)21)22-23(15)13-6-4-12(18)5-7-13/h2-10H,1H3. The minimum atomic E-state index is -4.66. The summed E-state index contributed by atoms with van der Waals surface area (Å²) in [4.78, 5) is 0.0464. The second-order valence-corrected chi connectivity index (χ2v) is 7.61. The lowest BCUT2D eigenvalue weighted by Crippen LogP contribution is -2.07. The number of rotatable bonds is 3. The maximum absolute atomic E-state index is 13.1. The van der Waals surface area contributed by atoms with Gasteiger partial charge in [0, 0.05) is 11.8 Å². The summed E-state index contributed by atoms with van der Waals surface area (Å²) in [6.07, 6.45) is -3.63. The second kappa shape index (κ2) is 6.24.